The number of aliphatic hydroxyl groups excluding tert-OH is 1. The van der Waals surface area contributed by atoms with Crippen LogP contribution in [-0.4, -0.2) is 31.0 Å². The number of halogens is 2. The Balaban J connectivity index is 1.79. The maximum absolute atomic E-state index is 13.7. The van der Waals surface area contributed by atoms with Crippen molar-refractivity contribution in [2.24, 2.45) is 5.16 Å². The fourth-order valence-corrected chi connectivity index (χ4v) is 5.64. The molecule has 1 aliphatic carbocycles. The normalized spacial score (nSPS) is 17.3. The van der Waals surface area contributed by atoms with Crippen LogP contribution in [-0.2, 0) is 16.4 Å². The number of nitrogens with one attached hydrogen (secondary N) is 1. The standard InChI is InChI=1S/C16H16F2N2O4S2/c17-9-4-5-10(12(18)6-9)14(21)7-19-26(23,24)15-8-25-16-11(15)2-1-3-13(16)20-22/h4-6,8,14,19,21-22H,1-3,7H2/b20-13+. The highest BCUT2D eigenvalue weighted by Gasteiger charge is 2.28. The van der Waals surface area contributed by atoms with Gasteiger partial charge in [-0.1, -0.05) is 11.2 Å². The summed E-state index contributed by atoms with van der Waals surface area (Å²) in [6.45, 7) is -0.462. The lowest BCUT2D eigenvalue weighted by atomic mass is 9.98. The van der Waals surface area contributed by atoms with E-state index in [1.54, 1.807) is 0 Å². The van der Waals surface area contributed by atoms with E-state index in [1.807, 2.05) is 0 Å². The first kappa shape index (κ1) is 18.9. The Morgan fingerprint density at radius 1 is 1.31 bits per heavy atom. The van der Waals surface area contributed by atoms with Crippen LogP contribution < -0.4 is 4.72 Å². The van der Waals surface area contributed by atoms with Crippen LogP contribution in [0.2, 0.25) is 0 Å². The van der Waals surface area contributed by atoms with Crippen LogP contribution in [0.4, 0.5) is 8.78 Å². The maximum Gasteiger partial charge on any atom is 0.241 e. The summed E-state index contributed by atoms with van der Waals surface area (Å²) in [6, 6.07) is 2.68. The second-order valence-corrected chi connectivity index (χ2v) is 8.46. The van der Waals surface area contributed by atoms with Crippen molar-refractivity contribution in [1.82, 2.24) is 4.72 Å². The number of oxime groups is 1. The van der Waals surface area contributed by atoms with Crippen molar-refractivity contribution in [1.29, 1.82) is 0 Å². The first-order valence-electron chi connectivity index (χ1n) is 7.78. The minimum atomic E-state index is -3.95. The van der Waals surface area contributed by atoms with Gasteiger partial charge >= 0.3 is 0 Å². The summed E-state index contributed by atoms with van der Waals surface area (Å²) in [5, 5.41) is 23.7. The minimum absolute atomic E-state index is 0.0603. The van der Waals surface area contributed by atoms with Crippen LogP contribution in [0.5, 0.6) is 0 Å². The molecule has 0 fully saturated rings. The summed E-state index contributed by atoms with van der Waals surface area (Å²) in [4.78, 5) is 0.689. The predicted molar refractivity (Wildman–Crippen MR) is 92.1 cm³/mol. The quantitative estimate of drug-likeness (QED) is 0.529. The summed E-state index contributed by atoms with van der Waals surface area (Å²) >= 11 is 1.17. The molecule has 1 aromatic heterocycles. The van der Waals surface area contributed by atoms with Gasteiger partial charge in [-0.25, -0.2) is 21.9 Å². The fraction of sp³-hybridized carbons (Fsp3) is 0.312. The van der Waals surface area contributed by atoms with Crippen molar-refractivity contribution in [2.75, 3.05) is 6.54 Å². The van der Waals surface area contributed by atoms with Crippen LogP contribution >= 0.6 is 11.3 Å². The molecular formula is C16H16F2N2O4S2. The van der Waals surface area contributed by atoms with Crippen LogP contribution in [0, 0.1) is 11.6 Å². The second-order valence-electron chi connectivity index (χ2n) is 5.84. The molecule has 1 aromatic carbocycles. The van der Waals surface area contributed by atoms with Gasteiger partial charge in [0.05, 0.1) is 21.6 Å². The first-order chi connectivity index (χ1) is 12.3. The van der Waals surface area contributed by atoms with Gasteiger partial charge in [-0.2, -0.15) is 0 Å². The zero-order valence-corrected chi connectivity index (χ0v) is 15.1. The topological polar surface area (TPSA) is 99.0 Å². The highest BCUT2D eigenvalue weighted by Crippen LogP contribution is 2.33. The summed E-state index contributed by atoms with van der Waals surface area (Å²) in [5.74, 6) is -1.74. The van der Waals surface area contributed by atoms with Gasteiger partial charge in [0.15, 0.2) is 0 Å². The summed E-state index contributed by atoms with van der Waals surface area (Å²) < 4.78 is 54.0. The van der Waals surface area contributed by atoms with Crippen LogP contribution in [0.3, 0.4) is 0 Å². The Hall–Kier alpha value is -1.88. The molecule has 0 radical (unpaired) electrons. The smallest absolute Gasteiger partial charge is 0.241 e. The molecule has 140 valence electrons. The van der Waals surface area contributed by atoms with Gasteiger partial charge in [-0.15, -0.1) is 11.3 Å². The van der Waals surface area contributed by atoms with Gasteiger partial charge in [-0.3, -0.25) is 0 Å². The van der Waals surface area contributed by atoms with Crippen molar-refractivity contribution in [3.05, 3.63) is 51.2 Å². The number of rotatable bonds is 5. The lowest BCUT2D eigenvalue weighted by Gasteiger charge is -2.16. The average Bonchev–Trinajstić information content (AvgIpc) is 3.04. The molecule has 1 heterocycles. The van der Waals surface area contributed by atoms with Gasteiger partial charge in [-0.05, 0) is 30.9 Å². The zero-order valence-electron chi connectivity index (χ0n) is 13.4. The van der Waals surface area contributed by atoms with Gasteiger partial charge in [0.1, 0.15) is 11.6 Å². The number of thiophene rings is 1. The van der Waals surface area contributed by atoms with Crippen molar-refractivity contribution in [2.45, 2.75) is 30.3 Å². The largest absolute Gasteiger partial charge is 0.411 e. The third-order valence-corrected chi connectivity index (χ3v) is 6.87. The molecule has 1 unspecified atom stereocenters. The number of sulfonamides is 1. The molecule has 3 N–H and O–H groups in total. The van der Waals surface area contributed by atoms with E-state index >= 15 is 0 Å². The molecule has 0 aliphatic heterocycles. The Kier molecular flexibility index (Phi) is 5.37. The second kappa shape index (κ2) is 7.39. The van der Waals surface area contributed by atoms with Gasteiger partial charge < -0.3 is 10.3 Å². The Morgan fingerprint density at radius 3 is 2.77 bits per heavy atom. The molecule has 0 saturated carbocycles. The van der Waals surface area contributed by atoms with Crippen molar-refractivity contribution in [3.63, 3.8) is 0 Å². The van der Waals surface area contributed by atoms with Gasteiger partial charge in [0, 0.05) is 23.6 Å². The predicted octanol–water partition coefficient (Wildman–Crippen LogP) is 2.55. The van der Waals surface area contributed by atoms with E-state index in [9.17, 15) is 22.3 Å². The van der Waals surface area contributed by atoms with Crippen LogP contribution in [0.15, 0.2) is 33.6 Å². The third-order valence-electron chi connectivity index (χ3n) is 4.16. The molecule has 10 heteroatoms. The van der Waals surface area contributed by atoms with E-state index in [0.717, 1.165) is 12.1 Å². The lowest BCUT2D eigenvalue weighted by molar-refractivity contribution is 0.177. The highest BCUT2D eigenvalue weighted by molar-refractivity contribution is 7.89. The number of hydrogen-bond acceptors (Lipinski definition) is 6. The molecule has 3 rings (SSSR count). The number of aliphatic hydroxyl groups is 1. The Bertz CT molecular complexity index is 957. The number of hydrogen-bond donors (Lipinski definition) is 3. The minimum Gasteiger partial charge on any atom is -0.411 e. The number of nitrogens with zero attached hydrogens (tertiary/aromatic N) is 1. The lowest BCUT2D eigenvalue weighted by Crippen LogP contribution is -2.29. The molecule has 0 spiro atoms. The van der Waals surface area contributed by atoms with Crippen molar-refractivity contribution >= 4 is 27.1 Å². The van der Waals surface area contributed by atoms with E-state index in [-0.39, 0.29) is 10.5 Å². The average molecular weight is 402 g/mol. The van der Waals surface area contributed by atoms with Gasteiger partial charge in [0.25, 0.3) is 0 Å². The van der Waals surface area contributed by atoms with Crippen molar-refractivity contribution in [3.8, 4) is 0 Å². The zero-order chi connectivity index (χ0) is 18.9. The molecule has 2 aromatic rings. The molecule has 0 bridgehead atoms. The number of benzene rings is 1. The van der Waals surface area contributed by atoms with E-state index in [1.165, 1.54) is 16.7 Å². The fourth-order valence-electron chi connectivity index (χ4n) is 2.86. The first-order valence-corrected chi connectivity index (χ1v) is 10.1. The monoisotopic (exact) mass is 402 g/mol. The molecule has 0 amide bonds. The highest BCUT2D eigenvalue weighted by atomic mass is 32.2. The maximum atomic E-state index is 13.7. The van der Waals surface area contributed by atoms with E-state index < -0.39 is 34.3 Å². The molecular weight excluding hydrogens is 386 g/mol. The van der Waals surface area contributed by atoms with Crippen molar-refractivity contribution < 1.29 is 27.5 Å². The summed E-state index contributed by atoms with van der Waals surface area (Å²) in [6.07, 6.45) is 0.298. The van der Waals surface area contributed by atoms with Gasteiger partial charge in [0.2, 0.25) is 10.0 Å². The van der Waals surface area contributed by atoms with E-state index in [2.05, 4.69) is 9.88 Å². The molecule has 1 atom stereocenters. The molecule has 0 saturated heterocycles. The molecule has 26 heavy (non-hydrogen) atoms. The summed E-state index contributed by atoms with van der Waals surface area (Å²) in [5.41, 5.74) is 0.825. The van der Waals surface area contributed by atoms with E-state index in [4.69, 9.17) is 5.21 Å². The Labute approximate surface area is 152 Å². The third kappa shape index (κ3) is 3.63. The molecule has 1 aliphatic rings. The summed E-state index contributed by atoms with van der Waals surface area (Å²) in [7, 11) is -3.95. The Morgan fingerprint density at radius 2 is 2.08 bits per heavy atom. The van der Waals surface area contributed by atoms with E-state index in [0.29, 0.717) is 41.5 Å². The van der Waals surface area contributed by atoms with Crippen LogP contribution in [0.25, 0.3) is 0 Å². The number of fused-ring (bicyclic) bond motifs is 1. The SMILES string of the molecule is O=S(=O)(NCC(O)c1ccc(F)cc1F)c1csc2c1CCC/C2=N\O. The molecule has 6 nitrogen and oxygen atoms in total. The van der Waals surface area contributed by atoms with Crippen LogP contribution in [0.1, 0.15) is 34.9 Å².